The van der Waals surface area contributed by atoms with Crippen molar-refractivity contribution in [3.63, 3.8) is 0 Å². The number of Topliss-reactive ketones (excluding diaryl/α,β-unsaturated/α-hetero) is 2. The predicted octanol–water partition coefficient (Wildman–Crippen LogP) is 5.42. The molecular weight excluding hydrogens is 323 g/mol. The molecule has 2 aromatic carbocycles. The highest BCUT2D eigenvalue weighted by Gasteiger charge is 2.26. The molecule has 0 N–H and O–H groups in total. The number of carbonyl (C=O) groups excluding carboxylic acids is 2. The lowest BCUT2D eigenvalue weighted by Gasteiger charge is -2.23. The molecule has 4 heteroatoms. The molecule has 24 heavy (non-hydrogen) atoms. The third-order valence-electron chi connectivity index (χ3n) is 3.86. The Morgan fingerprint density at radius 1 is 0.875 bits per heavy atom. The third kappa shape index (κ3) is 5.03. The lowest BCUT2D eigenvalue weighted by atomic mass is 9.80. The van der Waals surface area contributed by atoms with Gasteiger partial charge >= 0.3 is 0 Å². The van der Waals surface area contributed by atoms with E-state index in [-0.39, 0.29) is 23.8 Å². The molecule has 0 heterocycles. The Morgan fingerprint density at radius 3 is 1.71 bits per heavy atom. The molecule has 126 valence electrons. The van der Waals surface area contributed by atoms with Crippen molar-refractivity contribution in [2.75, 3.05) is 6.26 Å². The summed E-state index contributed by atoms with van der Waals surface area (Å²) in [6.07, 6.45) is 2.52. The molecule has 0 radical (unpaired) electrons. The molecule has 0 spiro atoms. The highest BCUT2D eigenvalue weighted by Crippen LogP contribution is 2.29. The van der Waals surface area contributed by atoms with Crippen molar-refractivity contribution in [1.82, 2.24) is 0 Å². The predicted molar refractivity (Wildman–Crippen MR) is 96.3 cm³/mol. The first-order valence-corrected chi connectivity index (χ1v) is 8.99. The summed E-state index contributed by atoms with van der Waals surface area (Å²) in [5.74, 6) is -0.417. The van der Waals surface area contributed by atoms with Crippen LogP contribution in [0.5, 0.6) is 0 Å². The van der Waals surface area contributed by atoms with E-state index in [1.54, 1.807) is 11.8 Å². The van der Waals surface area contributed by atoms with E-state index >= 15 is 0 Å². The van der Waals surface area contributed by atoms with Crippen LogP contribution in [0, 0.1) is 11.2 Å². The first kappa shape index (κ1) is 18.4. The Kier molecular flexibility index (Phi) is 5.94. The molecule has 0 unspecified atom stereocenters. The van der Waals surface area contributed by atoms with Gasteiger partial charge in [0.05, 0.1) is 0 Å². The first-order chi connectivity index (χ1) is 11.3. The van der Waals surface area contributed by atoms with Crippen LogP contribution < -0.4 is 0 Å². The van der Waals surface area contributed by atoms with Crippen LogP contribution in [0.15, 0.2) is 53.4 Å². The number of hydrogen-bond acceptors (Lipinski definition) is 3. The standard InChI is InChI=1S/C20H21FO2S/c1-20(2,12-18(22)14-4-8-16(21)9-5-14)13-19(23)15-6-10-17(24-3)11-7-15/h4-11H,12-13H2,1-3H3. The molecule has 0 aromatic heterocycles. The van der Waals surface area contributed by atoms with Gasteiger partial charge in [-0.05, 0) is 48.1 Å². The second-order valence-electron chi connectivity index (χ2n) is 6.60. The molecule has 0 aliphatic rings. The number of hydrogen-bond donors (Lipinski definition) is 0. The Bertz CT molecular complexity index is 718. The molecule has 2 nitrogen and oxygen atoms in total. The van der Waals surface area contributed by atoms with Gasteiger partial charge in [0.25, 0.3) is 0 Å². The van der Waals surface area contributed by atoms with Gasteiger partial charge in [-0.3, -0.25) is 9.59 Å². The van der Waals surface area contributed by atoms with Gasteiger partial charge in [-0.15, -0.1) is 11.8 Å². The van der Waals surface area contributed by atoms with E-state index in [4.69, 9.17) is 0 Å². The minimum absolute atomic E-state index is 0.0274. The van der Waals surface area contributed by atoms with E-state index in [1.165, 1.54) is 24.3 Å². The molecule has 0 aliphatic carbocycles. The number of ketones is 2. The zero-order valence-electron chi connectivity index (χ0n) is 14.1. The number of benzene rings is 2. The van der Waals surface area contributed by atoms with E-state index in [9.17, 15) is 14.0 Å². The highest BCUT2D eigenvalue weighted by molar-refractivity contribution is 7.98. The van der Waals surface area contributed by atoms with E-state index in [2.05, 4.69) is 0 Å². The van der Waals surface area contributed by atoms with E-state index < -0.39 is 5.41 Å². The Balaban J connectivity index is 2.02. The molecule has 0 amide bonds. The average molecular weight is 344 g/mol. The van der Waals surface area contributed by atoms with Crippen LogP contribution in [0.2, 0.25) is 0 Å². The average Bonchev–Trinajstić information content (AvgIpc) is 2.54. The van der Waals surface area contributed by atoms with Crippen LogP contribution in [0.1, 0.15) is 47.4 Å². The maximum Gasteiger partial charge on any atom is 0.163 e. The fourth-order valence-electron chi connectivity index (χ4n) is 2.55. The summed E-state index contributed by atoms with van der Waals surface area (Å²) in [5, 5.41) is 0. The zero-order chi connectivity index (χ0) is 17.7. The number of carbonyl (C=O) groups is 2. The molecule has 2 rings (SSSR count). The molecule has 2 aromatic rings. The van der Waals surface area contributed by atoms with Crippen LogP contribution in [0.25, 0.3) is 0 Å². The van der Waals surface area contributed by atoms with Crippen molar-refractivity contribution in [1.29, 1.82) is 0 Å². The van der Waals surface area contributed by atoms with Gasteiger partial charge in [-0.25, -0.2) is 4.39 Å². The van der Waals surface area contributed by atoms with Crippen LogP contribution in [0.3, 0.4) is 0 Å². The van der Waals surface area contributed by atoms with Gasteiger partial charge in [0.2, 0.25) is 0 Å². The lowest BCUT2D eigenvalue weighted by Crippen LogP contribution is -2.21. The number of thioether (sulfide) groups is 1. The van der Waals surface area contributed by atoms with Gasteiger partial charge in [0.15, 0.2) is 11.6 Å². The van der Waals surface area contributed by atoms with Crippen LogP contribution in [-0.2, 0) is 0 Å². The summed E-state index contributed by atoms with van der Waals surface area (Å²) in [6.45, 7) is 3.81. The quantitative estimate of drug-likeness (QED) is 0.497. The van der Waals surface area contributed by atoms with Gasteiger partial charge in [-0.2, -0.15) is 0 Å². The summed E-state index contributed by atoms with van der Waals surface area (Å²) < 4.78 is 12.9. The van der Waals surface area contributed by atoms with Crippen molar-refractivity contribution >= 4 is 23.3 Å². The van der Waals surface area contributed by atoms with E-state index in [0.717, 1.165) is 4.90 Å². The Hall–Kier alpha value is -1.94. The van der Waals surface area contributed by atoms with Gasteiger partial charge < -0.3 is 0 Å². The molecule has 0 atom stereocenters. The van der Waals surface area contributed by atoms with E-state index in [0.29, 0.717) is 17.5 Å². The molecular formula is C20H21FO2S. The minimum atomic E-state index is -0.458. The van der Waals surface area contributed by atoms with Crippen molar-refractivity contribution in [3.8, 4) is 0 Å². The smallest absolute Gasteiger partial charge is 0.163 e. The normalized spacial score (nSPS) is 11.3. The largest absolute Gasteiger partial charge is 0.294 e. The van der Waals surface area contributed by atoms with Crippen LogP contribution in [-0.4, -0.2) is 17.8 Å². The fraction of sp³-hybridized carbons (Fsp3) is 0.300. The second-order valence-corrected chi connectivity index (χ2v) is 7.48. The fourth-order valence-corrected chi connectivity index (χ4v) is 2.96. The zero-order valence-corrected chi connectivity index (χ0v) is 15.0. The maximum atomic E-state index is 12.9. The highest BCUT2D eigenvalue weighted by atomic mass is 32.2. The number of halogens is 1. The molecule has 0 bridgehead atoms. The SMILES string of the molecule is CSc1ccc(C(=O)CC(C)(C)CC(=O)c2ccc(F)cc2)cc1. The van der Waals surface area contributed by atoms with Crippen molar-refractivity contribution < 1.29 is 14.0 Å². The molecule has 0 aliphatic heterocycles. The van der Waals surface area contributed by atoms with Crippen molar-refractivity contribution in [3.05, 3.63) is 65.5 Å². The van der Waals surface area contributed by atoms with Gasteiger partial charge in [0.1, 0.15) is 5.82 Å². The third-order valence-corrected chi connectivity index (χ3v) is 4.60. The second kappa shape index (κ2) is 7.75. The summed E-state index contributed by atoms with van der Waals surface area (Å²) in [7, 11) is 0. The first-order valence-electron chi connectivity index (χ1n) is 7.77. The van der Waals surface area contributed by atoms with Crippen molar-refractivity contribution in [2.24, 2.45) is 5.41 Å². The molecule has 0 fully saturated rings. The summed E-state index contributed by atoms with van der Waals surface area (Å²) in [6, 6.07) is 13.0. The topological polar surface area (TPSA) is 34.1 Å². The van der Waals surface area contributed by atoms with Crippen molar-refractivity contribution in [2.45, 2.75) is 31.6 Å². The minimum Gasteiger partial charge on any atom is -0.294 e. The summed E-state index contributed by atoms with van der Waals surface area (Å²) in [5.41, 5.74) is 0.678. The lowest BCUT2D eigenvalue weighted by molar-refractivity contribution is 0.0869. The molecule has 0 saturated carbocycles. The Labute approximate surface area is 146 Å². The van der Waals surface area contributed by atoms with Crippen LogP contribution >= 0.6 is 11.8 Å². The summed E-state index contributed by atoms with van der Waals surface area (Å²) in [4.78, 5) is 25.9. The summed E-state index contributed by atoms with van der Waals surface area (Å²) >= 11 is 1.63. The Morgan fingerprint density at radius 2 is 1.29 bits per heavy atom. The van der Waals surface area contributed by atoms with Crippen LogP contribution in [0.4, 0.5) is 4.39 Å². The van der Waals surface area contributed by atoms with Gasteiger partial charge in [0, 0.05) is 28.9 Å². The monoisotopic (exact) mass is 344 g/mol. The van der Waals surface area contributed by atoms with E-state index in [1.807, 2.05) is 44.4 Å². The maximum absolute atomic E-state index is 12.9. The molecule has 0 saturated heterocycles. The number of rotatable bonds is 7. The van der Waals surface area contributed by atoms with Gasteiger partial charge in [-0.1, -0.05) is 26.0 Å².